The highest BCUT2D eigenvalue weighted by molar-refractivity contribution is 6.17. The van der Waals surface area contributed by atoms with E-state index in [2.05, 4.69) is 135 Å². The lowest BCUT2D eigenvalue weighted by atomic mass is 9.92. The molecule has 6 aromatic carbocycles. The number of para-hydroxylation sites is 1. The molecule has 0 fully saturated rings. The van der Waals surface area contributed by atoms with E-state index >= 15 is 0 Å². The summed E-state index contributed by atoms with van der Waals surface area (Å²) in [4.78, 5) is 4.89. The zero-order valence-electron chi connectivity index (χ0n) is 23.0. The van der Waals surface area contributed by atoms with Crippen molar-refractivity contribution in [1.82, 2.24) is 4.98 Å². The molecule has 0 aliphatic carbocycles. The van der Waals surface area contributed by atoms with Crippen LogP contribution in [0.2, 0.25) is 0 Å². The Labute approximate surface area is 238 Å². The molecule has 0 spiro atoms. The van der Waals surface area contributed by atoms with Gasteiger partial charge >= 0.3 is 0 Å². The molecule has 0 unspecified atom stereocenters. The van der Waals surface area contributed by atoms with Crippen molar-refractivity contribution in [3.8, 4) is 33.5 Å². The van der Waals surface area contributed by atoms with Gasteiger partial charge in [0.2, 0.25) is 0 Å². The molecular formula is C39H27NO. The molecule has 0 saturated heterocycles. The first kappa shape index (κ1) is 23.7. The molecule has 0 aliphatic heterocycles. The van der Waals surface area contributed by atoms with Gasteiger partial charge in [0, 0.05) is 27.9 Å². The van der Waals surface area contributed by atoms with Gasteiger partial charge in [-0.05, 0) is 93.7 Å². The molecule has 8 rings (SSSR count). The smallest absolute Gasteiger partial charge is 0.144 e. The summed E-state index contributed by atoms with van der Waals surface area (Å²) < 4.78 is 6.62. The van der Waals surface area contributed by atoms with Crippen molar-refractivity contribution in [1.29, 1.82) is 0 Å². The molecule has 0 saturated carbocycles. The summed E-state index contributed by atoms with van der Waals surface area (Å²) in [6.07, 6.45) is 1.99. The second kappa shape index (κ2) is 9.18. The van der Waals surface area contributed by atoms with Gasteiger partial charge in [-0.25, -0.2) is 0 Å². The third-order valence-electron chi connectivity index (χ3n) is 8.35. The first-order valence-corrected chi connectivity index (χ1v) is 14.0. The van der Waals surface area contributed by atoms with E-state index in [0.29, 0.717) is 0 Å². The molecule has 2 heterocycles. The molecule has 41 heavy (non-hydrogen) atoms. The minimum Gasteiger partial charge on any atom is -0.455 e. The van der Waals surface area contributed by atoms with E-state index in [4.69, 9.17) is 9.40 Å². The highest BCUT2D eigenvalue weighted by Crippen LogP contribution is 2.40. The van der Waals surface area contributed by atoms with Crippen molar-refractivity contribution in [2.45, 2.75) is 13.8 Å². The van der Waals surface area contributed by atoms with Crippen molar-refractivity contribution < 1.29 is 4.42 Å². The summed E-state index contributed by atoms with van der Waals surface area (Å²) in [7, 11) is 0. The first-order chi connectivity index (χ1) is 20.1. The van der Waals surface area contributed by atoms with Crippen LogP contribution in [0.1, 0.15) is 11.1 Å². The maximum atomic E-state index is 6.62. The lowest BCUT2D eigenvalue weighted by molar-refractivity contribution is 0.673. The zero-order chi connectivity index (χ0) is 27.5. The van der Waals surface area contributed by atoms with E-state index < -0.39 is 0 Å². The summed E-state index contributed by atoms with van der Waals surface area (Å²) in [5, 5.41) is 7.04. The molecule has 8 aromatic rings. The lowest BCUT2D eigenvalue weighted by Crippen LogP contribution is -1.93. The van der Waals surface area contributed by atoms with Gasteiger partial charge in [-0.15, -0.1) is 0 Å². The summed E-state index contributed by atoms with van der Waals surface area (Å²) >= 11 is 0. The Hall–Kier alpha value is -5.21. The molecule has 194 valence electrons. The van der Waals surface area contributed by atoms with Crippen LogP contribution in [0.3, 0.4) is 0 Å². The fourth-order valence-corrected chi connectivity index (χ4v) is 6.20. The van der Waals surface area contributed by atoms with Crippen LogP contribution >= 0.6 is 0 Å². The molecule has 0 radical (unpaired) electrons. The quantitative estimate of drug-likeness (QED) is 0.229. The highest BCUT2D eigenvalue weighted by Gasteiger charge is 2.17. The number of aryl methyl sites for hydroxylation is 2. The fourth-order valence-electron chi connectivity index (χ4n) is 6.20. The molecule has 2 aromatic heterocycles. The molecule has 0 bridgehead atoms. The number of nitrogens with zero attached hydrogens (tertiary/aromatic N) is 1. The molecule has 2 nitrogen and oxygen atoms in total. The number of benzene rings is 6. The van der Waals surface area contributed by atoms with Gasteiger partial charge in [0.05, 0.1) is 5.69 Å². The van der Waals surface area contributed by atoms with Crippen LogP contribution in [0.5, 0.6) is 0 Å². The third-order valence-corrected chi connectivity index (χ3v) is 8.35. The monoisotopic (exact) mass is 525 g/mol. The van der Waals surface area contributed by atoms with Crippen molar-refractivity contribution in [3.63, 3.8) is 0 Å². The van der Waals surface area contributed by atoms with Crippen LogP contribution in [0.15, 0.2) is 132 Å². The van der Waals surface area contributed by atoms with E-state index in [0.717, 1.165) is 44.1 Å². The fraction of sp³-hybridized carbons (Fsp3) is 0.0513. The Balaban J connectivity index is 1.28. The largest absolute Gasteiger partial charge is 0.455 e. The van der Waals surface area contributed by atoms with Crippen molar-refractivity contribution in [2.75, 3.05) is 0 Å². The topological polar surface area (TPSA) is 26.0 Å². The van der Waals surface area contributed by atoms with Gasteiger partial charge in [-0.3, -0.25) is 4.98 Å². The Kier molecular flexibility index (Phi) is 5.30. The Morgan fingerprint density at radius 2 is 1.22 bits per heavy atom. The van der Waals surface area contributed by atoms with Gasteiger partial charge in [-0.2, -0.15) is 0 Å². The van der Waals surface area contributed by atoms with Crippen LogP contribution in [0.25, 0.3) is 77.0 Å². The Morgan fingerprint density at radius 3 is 2.12 bits per heavy atom. The number of hydrogen-bond donors (Lipinski definition) is 0. The van der Waals surface area contributed by atoms with Gasteiger partial charge in [0.25, 0.3) is 0 Å². The maximum Gasteiger partial charge on any atom is 0.144 e. The number of pyridine rings is 1. The number of furan rings is 1. The minimum absolute atomic E-state index is 0.879. The van der Waals surface area contributed by atoms with E-state index in [1.165, 1.54) is 44.0 Å². The van der Waals surface area contributed by atoms with Gasteiger partial charge in [0.15, 0.2) is 0 Å². The molecule has 0 atom stereocenters. The molecule has 0 N–H and O–H groups in total. The average Bonchev–Trinajstić information content (AvgIpc) is 3.41. The van der Waals surface area contributed by atoms with Crippen LogP contribution in [0, 0.1) is 13.8 Å². The normalized spacial score (nSPS) is 11.7. The number of rotatable bonds is 3. The summed E-state index contributed by atoms with van der Waals surface area (Å²) in [5.41, 5.74) is 11.0. The SMILES string of the molecule is Cc1cnc(-c2cccc3c2oc2c4ccccc4ccc32)cc1-c1cc2ccc(-c3ccccc3)cc2cc1C. The Bertz CT molecular complexity index is 2270. The maximum absolute atomic E-state index is 6.62. The number of aromatic nitrogens is 1. The molecule has 2 heteroatoms. The van der Waals surface area contributed by atoms with Crippen molar-refractivity contribution in [2.24, 2.45) is 0 Å². The molecule has 0 aliphatic rings. The van der Waals surface area contributed by atoms with Crippen molar-refractivity contribution >= 4 is 43.5 Å². The number of fused-ring (bicyclic) bond motifs is 6. The van der Waals surface area contributed by atoms with Gasteiger partial charge in [-0.1, -0.05) is 91.0 Å². The van der Waals surface area contributed by atoms with Gasteiger partial charge < -0.3 is 4.42 Å². The van der Waals surface area contributed by atoms with Crippen LogP contribution in [0.4, 0.5) is 0 Å². The number of hydrogen-bond acceptors (Lipinski definition) is 2. The average molecular weight is 526 g/mol. The van der Waals surface area contributed by atoms with E-state index in [9.17, 15) is 0 Å². The van der Waals surface area contributed by atoms with Crippen LogP contribution < -0.4 is 0 Å². The Morgan fingerprint density at radius 1 is 0.463 bits per heavy atom. The van der Waals surface area contributed by atoms with Crippen LogP contribution in [-0.4, -0.2) is 4.98 Å². The van der Waals surface area contributed by atoms with E-state index in [-0.39, 0.29) is 0 Å². The summed E-state index contributed by atoms with van der Waals surface area (Å²) in [6, 6.07) is 43.3. The first-order valence-electron chi connectivity index (χ1n) is 14.0. The third kappa shape index (κ3) is 3.83. The summed E-state index contributed by atoms with van der Waals surface area (Å²) in [6.45, 7) is 4.34. The standard InChI is InChI=1S/C39H27NO/c1-24-19-30-20-28(26-9-4-3-5-10-26)15-16-29(30)21-35(24)36-22-37(40-23-25(36)2)34-14-8-13-32-33-18-17-27-11-6-7-12-31(27)38(33)41-39(32)34/h3-23H,1-2H3. The predicted octanol–water partition coefficient (Wildman–Crippen LogP) is 10.9. The lowest BCUT2D eigenvalue weighted by Gasteiger charge is -2.14. The summed E-state index contributed by atoms with van der Waals surface area (Å²) in [5.74, 6) is 0. The molecular weight excluding hydrogens is 498 g/mol. The van der Waals surface area contributed by atoms with Crippen molar-refractivity contribution in [3.05, 3.63) is 139 Å². The second-order valence-electron chi connectivity index (χ2n) is 10.9. The predicted molar refractivity (Wildman–Crippen MR) is 172 cm³/mol. The highest BCUT2D eigenvalue weighted by atomic mass is 16.3. The molecule has 0 amide bonds. The van der Waals surface area contributed by atoms with E-state index in [1.54, 1.807) is 0 Å². The van der Waals surface area contributed by atoms with Gasteiger partial charge in [0.1, 0.15) is 11.2 Å². The minimum atomic E-state index is 0.879. The zero-order valence-corrected chi connectivity index (χ0v) is 23.0. The van der Waals surface area contributed by atoms with Crippen LogP contribution in [-0.2, 0) is 0 Å². The second-order valence-corrected chi connectivity index (χ2v) is 10.9. The van der Waals surface area contributed by atoms with E-state index in [1.807, 2.05) is 6.20 Å².